The number of nitrogens with two attached hydrogens (primary N) is 1. The summed E-state index contributed by atoms with van der Waals surface area (Å²) in [4.78, 5) is 11.5. The van der Waals surface area contributed by atoms with Crippen molar-refractivity contribution in [3.8, 4) is 0 Å². The van der Waals surface area contributed by atoms with E-state index in [1.807, 2.05) is 6.92 Å². The number of hydrogen-bond acceptors (Lipinski definition) is 2. The first-order valence-corrected chi connectivity index (χ1v) is 7.44. The van der Waals surface area contributed by atoms with Crippen molar-refractivity contribution in [3.05, 3.63) is 0 Å². The first-order chi connectivity index (χ1) is 8.16. The van der Waals surface area contributed by atoms with Gasteiger partial charge in [-0.05, 0) is 26.2 Å². The van der Waals surface area contributed by atoms with E-state index in [2.05, 4.69) is 6.92 Å². The fourth-order valence-electron chi connectivity index (χ4n) is 2.03. The average Bonchev–Trinajstić information content (AvgIpc) is 2.27. The molecule has 0 aromatic heterocycles. The van der Waals surface area contributed by atoms with Gasteiger partial charge in [0.1, 0.15) is 5.78 Å². The molecule has 0 rings (SSSR count). The Morgan fingerprint density at radius 3 is 2.06 bits per heavy atom. The van der Waals surface area contributed by atoms with Crippen LogP contribution in [0.15, 0.2) is 0 Å². The first kappa shape index (κ1) is 16.6. The molecule has 2 heteroatoms. The molecule has 102 valence electrons. The molecule has 1 unspecified atom stereocenters. The smallest absolute Gasteiger partial charge is 0.132 e. The van der Waals surface area contributed by atoms with Gasteiger partial charge in [-0.1, -0.05) is 45.4 Å². The van der Waals surface area contributed by atoms with Crippen LogP contribution in [0, 0.1) is 0 Å². The summed E-state index contributed by atoms with van der Waals surface area (Å²) in [6.07, 6.45) is 12.4. The zero-order chi connectivity index (χ0) is 12.9. The molecule has 1 atom stereocenters. The predicted octanol–water partition coefficient (Wildman–Crippen LogP) is 4.21. The van der Waals surface area contributed by atoms with Crippen LogP contribution in [0.4, 0.5) is 0 Å². The van der Waals surface area contributed by atoms with Gasteiger partial charge in [0.05, 0.1) is 0 Å². The molecule has 0 saturated carbocycles. The van der Waals surface area contributed by atoms with Crippen LogP contribution < -0.4 is 5.73 Å². The summed E-state index contributed by atoms with van der Waals surface area (Å²) in [5, 5.41) is 0. The van der Waals surface area contributed by atoms with Crippen molar-refractivity contribution in [2.45, 2.75) is 90.5 Å². The molecule has 2 nitrogen and oxygen atoms in total. The van der Waals surface area contributed by atoms with Crippen molar-refractivity contribution < 1.29 is 4.79 Å². The molecule has 0 amide bonds. The standard InChI is InChI=1S/C15H31NO/c1-3-4-5-6-7-8-9-12-15(17)13-10-11-14(2)16/h14H,3-13,16H2,1-2H3. The van der Waals surface area contributed by atoms with Crippen molar-refractivity contribution >= 4 is 5.78 Å². The topological polar surface area (TPSA) is 43.1 Å². The van der Waals surface area contributed by atoms with E-state index in [1.165, 1.54) is 38.5 Å². The fraction of sp³-hybridized carbons (Fsp3) is 0.933. The third-order valence-electron chi connectivity index (χ3n) is 3.17. The Labute approximate surface area is 107 Å². The van der Waals surface area contributed by atoms with Gasteiger partial charge >= 0.3 is 0 Å². The number of carbonyl (C=O) groups excluding carboxylic acids is 1. The largest absolute Gasteiger partial charge is 0.328 e. The zero-order valence-electron chi connectivity index (χ0n) is 11.8. The lowest BCUT2D eigenvalue weighted by molar-refractivity contribution is -0.119. The highest BCUT2D eigenvalue weighted by Crippen LogP contribution is 2.10. The van der Waals surface area contributed by atoms with E-state index in [-0.39, 0.29) is 6.04 Å². The monoisotopic (exact) mass is 241 g/mol. The summed E-state index contributed by atoms with van der Waals surface area (Å²) >= 11 is 0. The predicted molar refractivity (Wildman–Crippen MR) is 75.1 cm³/mol. The molecule has 0 aliphatic heterocycles. The van der Waals surface area contributed by atoms with Gasteiger partial charge in [-0.25, -0.2) is 0 Å². The normalized spacial score (nSPS) is 12.6. The second-order valence-corrected chi connectivity index (χ2v) is 5.28. The van der Waals surface area contributed by atoms with Crippen molar-refractivity contribution in [2.75, 3.05) is 0 Å². The maximum atomic E-state index is 11.5. The third kappa shape index (κ3) is 13.6. The lowest BCUT2D eigenvalue weighted by Gasteiger charge is -2.04. The number of hydrogen-bond donors (Lipinski definition) is 1. The van der Waals surface area contributed by atoms with Crippen LogP contribution in [0.5, 0.6) is 0 Å². The van der Waals surface area contributed by atoms with Gasteiger partial charge in [-0.2, -0.15) is 0 Å². The van der Waals surface area contributed by atoms with E-state index in [0.717, 1.165) is 32.1 Å². The number of ketones is 1. The minimum Gasteiger partial charge on any atom is -0.328 e. The Kier molecular flexibility index (Phi) is 11.8. The summed E-state index contributed by atoms with van der Waals surface area (Å²) in [6, 6.07) is 0.237. The number of unbranched alkanes of at least 4 members (excludes halogenated alkanes) is 6. The minimum absolute atomic E-state index is 0.237. The highest BCUT2D eigenvalue weighted by molar-refractivity contribution is 5.78. The Balaban J connectivity index is 3.16. The van der Waals surface area contributed by atoms with Gasteiger partial charge in [0.15, 0.2) is 0 Å². The second-order valence-electron chi connectivity index (χ2n) is 5.28. The van der Waals surface area contributed by atoms with E-state index in [9.17, 15) is 4.79 Å². The molecule has 2 N–H and O–H groups in total. The highest BCUT2D eigenvalue weighted by atomic mass is 16.1. The number of Topliss-reactive ketones (excluding diaryl/α,β-unsaturated/α-hetero) is 1. The van der Waals surface area contributed by atoms with Crippen LogP contribution >= 0.6 is 0 Å². The van der Waals surface area contributed by atoms with E-state index >= 15 is 0 Å². The Morgan fingerprint density at radius 1 is 0.941 bits per heavy atom. The maximum absolute atomic E-state index is 11.5. The Hall–Kier alpha value is -0.370. The van der Waals surface area contributed by atoms with Gasteiger partial charge < -0.3 is 5.73 Å². The summed E-state index contributed by atoms with van der Waals surface area (Å²) in [5.41, 5.74) is 5.65. The molecule has 0 aliphatic rings. The van der Waals surface area contributed by atoms with E-state index < -0.39 is 0 Å². The summed E-state index contributed by atoms with van der Waals surface area (Å²) in [5.74, 6) is 0.430. The van der Waals surface area contributed by atoms with Crippen LogP contribution in [0.1, 0.15) is 84.5 Å². The minimum atomic E-state index is 0.237. The molecule has 0 spiro atoms. The highest BCUT2D eigenvalue weighted by Gasteiger charge is 2.02. The van der Waals surface area contributed by atoms with Gasteiger partial charge in [0.25, 0.3) is 0 Å². The van der Waals surface area contributed by atoms with Crippen LogP contribution in [-0.2, 0) is 4.79 Å². The molecule has 17 heavy (non-hydrogen) atoms. The van der Waals surface area contributed by atoms with Gasteiger partial charge in [-0.15, -0.1) is 0 Å². The summed E-state index contributed by atoms with van der Waals surface area (Å²) < 4.78 is 0. The quantitative estimate of drug-likeness (QED) is 0.520. The van der Waals surface area contributed by atoms with Gasteiger partial charge in [-0.3, -0.25) is 4.79 Å². The van der Waals surface area contributed by atoms with Crippen molar-refractivity contribution in [2.24, 2.45) is 5.73 Å². The molecule has 0 aromatic rings. The van der Waals surface area contributed by atoms with E-state index in [4.69, 9.17) is 5.73 Å². The SMILES string of the molecule is CCCCCCCCCC(=O)CCCC(C)N. The van der Waals surface area contributed by atoms with Crippen molar-refractivity contribution in [3.63, 3.8) is 0 Å². The summed E-state index contributed by atoms with van der Waals surface area (Å²) in [7, 11) is 0. The average molecular weight is 241 g/mol. The molecule has 0 aliphatic carbocycles. The van der Waals surface area contributed by atoms with Crippen molar-refractivity contribution in [1.82, 2.24) is 0 Å². The Bertz CT molecular complexity index is 178. The molecule has 0 fully saturated rings. The maximum Gasteiger partial charge on any atom is 0.132 e. The van der Waals surface area contributed by atoms with E-state index in [1.54, 1.807) is 0 Å². The van der Waals surface area contributed by atoms with Crippen LogP contribution in [0.25, 0.3) is 0 Å². The molecule has 0 saturated heterocycles. The molecule has 0 radical (unpaired) electrons. The molecule has 0 aromatic carbocycles. The fourth-order valence-corrected chi connectivity index (χ4v) is 2.03. The zero-order valence-corrected chi connectivity index (χ0v) is 11.8. The lowest BCUT2D eigenvalue weighted by atomic mass is 10.0. The van der Waals surface area contributed by atoms with Crippen LogP contribution in [-0.4, -0.2) is 11.8 Å². The second kappa shape index (κ2) is 12.1. The van der Waals surface area contributed by atoms with Crippen molar-refractivity contribution in [1.29, 1.82) is 0 Å². The Morgan fingerprint density at radius 2 is 1.47 bits per heavy atom. The lowest BCUT2D eigenvalue weighted by Crippen LogP contribution is -2.14. The van der Waals surface area contributed by atoms with Crippen LogP contribution in [0.3, 0.4) is 0 Å². The molecular weight excluding hydrogens is 210 g/mol. The first-order valence-electron chi connectivity index (χ1n) is 7.44. The molecule has 0 heterocycles. The molecular formula is C15H31NO. The van der Waals surface area contributed by atoms with Gasteiger partial charge in [0.2, 0.25) is 0 Å². The summed E-state index contributed by atoms with van der Waals surface area (Å²) in [6.45, 7) is 4.24. The number of rotatable bonds is 12. The third-order valence-corrected chi connectivity index (χ3v) is 3.17. The van der Waals surface area contributed by atoms with E-state index in [0.29, 0.717) is 5.78 Å². The molecule has 0 bridgehead atoms. The van der Waals surface area contributed by atoms with Crippen LogP contribution in [0.2, 0.25) is 0 Å². The number of carbonyl (C=O) groups is 1. The van der Waals surface area contributed by atoms with Gasteiger partial charge in [0, 0.05) is 18.9 Å².